The Hall–Kier alpha value is -2.35. The first-order chi connectivity index (χ1) is 10.4. The molecule has 0 atom stereocenters. The molecule has 0 aliphatic rings. The van der Waals surface area contributed by atoms with Crippen LogP contribution in [0, 0.1) is 0 Å². The van der Waals surface area contributed by atoms with Crippen molar-refractivity contribution in [1.29, 1.82) is 0 Å². The average Bonchev–Trinajstić information content (AvgIpc) is 3.06. The van der Waals surface area contributed by atoms with Crippen molar-refractivity contribution in [3.63, 3.8) is 0 Å². The lowest BCUT2D eigenvalue weighted by Crippen LogP contribution is -2.30. The maximum atomic E-state index is 12.1. The summed E-state index contributed by atoms with van der Waals surface area (Å²) in [5.74, 6) is 0.244. The lowest BCUT2D eigenvalue weighted by molar-refractivity contribution is -0.114. The van der Waals surface area contributed by atoms with Crippen LogP contribution in [0.4, 0.5) is 10.8 Å². The predicted octanol–water partition coefficient (Wildman–Crippen LogP) is 1.77. The van der Waals surface area contributed by atoms with Crippen molar-refractivity contribution in [2.75, 3.05) is 23.8 Å². The predicted molar refractivity (Wildman–Crippen MR) is 87.4 cm³/mol. The van der Waals surface area contributed by atoms with Gasteiger partial charge in [-0.15, -0.1) is 11.3 Å². The third-order valence-corrected chi connectivity index (χ3v) is 3.99. The first kappa shape index (κ1) is 16.0. The normalized spacial score (nSPS) is 10.7. The molecule has 0 unspecified atom stereocenters. The van der Waals surface area contributed by atoms with E-state index in [1.54, 1.807) is 23.4 Å². The maximum absolute atomic E-state index is 12.1. The molecule has 0 radical (unpaired) electrons. The van der Waals surface area contributed by atoms with E-state index in [0.29, 0.717) is 22.3 Å². The van der Waals surface area contributed by atoms with Crippen LogP contribution in [-0.4, -0.2) is 35.6 Å². The van der Waals surface area contributed by atoms with E-state index in [-0.39, 0.29) is 12.5 Å². The number of nitrogens with zero attached hydrogens (tertiary/aromatic N) is 2. The topological polar surface area (TPSA) is 104 Å². The highest BCUT2D eigenvalue weighted by Crippen LogP contribution is 2.23. The largest absolute Gasteiger partial charge is 0.366 e. The summed E-state index contributed by atoms with van der Waals surface area (Å²) >= 11 is 1.26. The van der Waals surface area contributed by atoms with Gasteiger partial charge in [0.25, 0.3) is 5.91 Å². The minimum absolute atomic E-state index is 0.124. The molecule has 0 aromatic carbocycles. The van der Waals surface area contributed by atoms with Crippen molar-refractivity contribution in [2.45, 2.75) is 19.8 Å². The summed E-state index contributed by atoms with van der Waals surface area (Å²) in [5, 5.41) is 12.0. The number of anilines is 2. The zero-order chi connectivity index (χ0) is 16.3. The highest BCUT2D eigenvalue weighted by Gasteiger charge is 2.15. The monoisotopic (exact) mass is 321 g/mol. The van der Waals surface area contributed by atoms with E-state index in [4.69, 9.17) is 5.73 Å². The second kappa shape index (κ2) is 6.61. The molecule has 2 amide bonds. The molecule has 2 aromatic heterocycles. The molecule has 7 nitrogen and oxygen atoms in total. The Morgan fingerprint density at radius 1 is 1.50 bits per heavy atom. The Morgan fingerprint density at radius 3 is 2.82 bits per heavy atom. The van der Waals surface area contributed by atoms with E-state index in [1.165, 1.54) is 11.3 Å². The standard InChI is InChI=1S/C14H19N5O2S/c1-8(2)10-6-11(18-17-10)19(3)7-12(20)16-14-9(13(15)21)4-5-22-14/h4-6,8H,7H2,1-3H3,(H2,15,21)(H,16,20)(H,17,18). The van der Waals surface area contributed by atoms with Gasteiger partial charge in [0, 0.05) is 18.8 Å². The SMILES string of the molecule is CC(C)c1cc(N(C)CC(=O)Nc2sccc2C(N)=O)n[nH]1. The Bertz CT molecular complexity index is 676. The van der Waals surface area contributed by atoms with Gasteiger partial charge in [0.15, 0.2) is 5.82 Å². The van der Waals surface area contributed by atoms with E-state index in [2.05, 4.69) is 29.4 Å². The quantitative estimate of drug-likeness (QED) is 0.754. The van der Waals surface area contributed by atoms with Crippen molar-refractivity contribution in [2.24, 2.45) is 5.73 Å². The van der Waals surface area contributed by atoms with Crippen LogP contribution in [0.3, 0.4) is 0 Å². The van der Waals surface area contributed by atoms with Crippen molar-refractivity contribution >= 4 is 34.0 Å². The molecule has 22 heavy (non-hydrogen) atoms. The highest BCUT2D eigenvalue weighted by molar-refractivity contribution is 7.14. The number of likely N-dealkylation sites (N-methyl/N-ethyl adjacent to an activating group) is 1. The lowest BCUT2D eigenvalue weighted by Gasteiger charge is -2.15. The summed E-state index contributed by atoms with van der Waals surface area (Å²) in [6.45, 7) is 4.25. The number of nitrogens with two attached hydrogens (primary N) is 1. The van der Waals surface area contributed by atoms with Gasteiger partial charge in [0.1, 0.15) is 5.00 Å². The van der Waals surface area contributed by atoms with Crippen LogP contribution in [-0.2, 0) is 4.79 Å². The minimum atomic E-state index is -0.557. The molecular weight excluding hydrogens is 302 g/mol. The number of aromatic amines is 1. The van der Waals surface area contributed by atoms with E-state index in [9.17, 15) is 9.59 Å². The van der Waals surface area contributed by atoms with Crippen LogP contribution in [0.15, 0.2) is 17.5 Å². The van der Waals surface area contributed by atoms with Gasteiger partial charge in [-0.1, -0.05) is 13.8 Å². The third kappa shape index (κ3) is 3.64. The number of primary amides is 1. The van der Waals surface area contributed by atoms with Crippen LogP contribution in [0.25, 0.3) is 0 Å². The molecule has 0 fully saturated rings. The Kier molecular flexibility index (Phi) is 4.81. The molecule has 4 N–H and O–H groups in total. The van der Waals surface area contributed by atoms with Gasteiger partial charge >= 0.3 is 0 Å². The third-order valence-electron chi connectivity index (χ3n) is 3.16. The van der Waals surface area contributed by atoms with Gasteiger partial charge < -0.3 is 16.0 Å². The van der Waals surface area contributed by atoms with Gasteiger partial charge in [-0.05, 0) is 17.4 Å². The zero-order valence-corrected chi connectivity index (χ0v) is 13.5. The van der Waals surface area contributed by atoms with E-state index >= 15 is 0 Å². The van der Waals surface area contributed by atoms with E-state index in [0.717, 1.165) is 5.69 Å². The van der Waals surface area contributed by atoms with Crippen LogP contribution in [0.1, 0.15) is 35.8 Å². The fraction of sp³-hybridized carbons (Fsp3) is 0.357. The Morgan fingerprint density at radius 2 is 2.23 bits per heavy atom. The molecule has 0 saturated heterocycles. The number of nitrogens with one attached hydrogen (secondary N) is 2. The number of carbonyl (C=O) groups is 2. The smallest absolute Gasteiger partial charge is 0.251 e. The van der Waals surface area contributed by atoms with Crippen LogP contribution in [0.2, 0.25) is 0 Å². The molecule has 0 aliphatic carbocycles. The summed E-state index contributed by atoms with van der Waals surface area (Å²) in [6.07, 6.45) is 0. The van der Waals surface area contributed by atoms with Gasteiger partial charge in [-0.2, -0.15) is 5.10 Å². The number of thiophene rings is 1. The molecule has 0 spiro atoms. The molecule has 2 rings (SSSR count). The molecule has 118 valence electrons. The maximum Gasteiger partial charge on any atom is 0.251 e. The van der Waals surface area contributed by atoms with Crippen molar-refractivity contribution in [3.05, 3.63) is 28.8 Å². The second-order valence-electron chi connectivity index (χ2n) is 5.27. The van der Waals surface area contributed by atoms with Crippen molar-refractivity contribution < 1.29 is 9.59 Å². The number of hydrogen-bond acceptors (Lipinski definition) is 5. The molecule has 0 saturated carbocycles. The van der Waals surface area contributed by atoms with Gasteiger partial charge in [-0.3, -0.25) is 14.7 Å². The highest BCUT2D eigenvalue weighted by atomic mass is 32.1. The Balaban J connectivity index is 1.99. The molecule has 2 aromatic rings. The minimum Gasteiger partial charge on any atom is -0.366 e. The number of H-pyrrole nitrogens is 1. The molecular formula is C14H19N5O2S. The fourth-order valence-electron chi connectivity index (χ4n) is 1.88. The van der Waals surface area contributed by atoms with E-state index < -0.39 is 5.91 Å². The average molecular weight is 321 g/mol. The number of rotatable bonds is 6. The van der Waals surface area contributed by atoms with Gasteiger partial charge in [0.2, 0.25) is 5.91 Å². The van der Waals surface area contributed by atoms with Gasteiger partial charge in [-0.25, -0.2) is 0 Å². The summed E-state index contributed by atoms with van der Waals surface area (Å²) in [6, 6.07) is 3.51. The first-order valence-electron chi connectivity index (χ1n) is 6.82. The molecule has 0 bridgehead atoms. The van der Waals surface area contributed by atoms with E-state index in [1.807, 2.05) is 6.07 Å². The van der Waals surface area contributed by atoms with Crippen LogP contribution in [0.5, 0.6) is 0 Å². The number of carbonyl (C=O) groups excluding carboxylic acids is 2. The summed E-state index contributed by atoms with van der Waals surface area (Å²) < 4.78 is 0. The van der Waals surface area contributed by atoms with Gasteiger partial charge in [0.05, 0.1) is 12.1 Å². The number of aromatic nitrogens is 2. The summed E-state index contributed by atoms with van der Waals surface area (Å²) in [7, 11) is 1.78. The number of amides is 2. The van der Waals surface area contributed by atoms with Crippen LogP contribution < -0.4 is 16.0 Å². The van der Waals surface area contributed by atoms with Crippen molar-refractivity contribution in [3.8, 4) is 0 Å². The first-order valence-corrected chi connectivity index (χ1v) is 7.70. The molecule has 2 heterocycles. The van der Waals surface area contributed by atoms with Crippen molar-refractivity contribution in [1.82, 2.24) is 10.2 Å². The lowest BCUT2D eigenvalue weighted by atomic mass is 10.1. The fourth-order valence-corrected chi connectivity index (χ4v) is 2.69. The van der Waals surface area contributed by atoms with Crippen LogP contribution >= 0.6 is 11.3 Å². The number of hydrogen-bond donors (Lipinski definition) is 3. The second-order valence-corrected chi connectivity index (χ2v) is 6.18. The summed E-state index contributed by atoms with van der Waals surface area (Å²) in [4.78, 5) is 25.0. The molecule has 8 heteroatoms. The Labute approximate surface area is 132 Å². The summed E-state index contributed by atoms with van der Waals surface area (Å²) in [5.41, 5.74) is 6.58. The molecule has 0 aliphatic heterocycles. The zero-order valence-electron chi connectivity index (χ0n) is 12.7.